The van der Waals surface area contributed by atoms with Crippen molar-refractivity contribution in [2.75, 3.05) is 4.90 Å². The normalized spacial score (nSPS) is 11.6. The van der Waals surface area contributed by atoms with Gasteiger partial charge in [-0.3, -0.25) is 0 Å². The second-order valence-corrected chi connectivity index (χ2v) is 10.7. The van der Waals surface area contributed by atoms with Crippen LogP contribution in [0.3, 0.4) is 0 Å². The van der Waals surface area contributed by atoms with Crippen molar-refractivity contribution in [3.05, 3.63) is 133 Å². The number of oxazole rings is 1. The first-order valence-electron chi connectivity index (χ1n) is 13.0. The molecule has 4 heteroatoms. The van der Waals surface area contributed by atoms with E-state index in [2.05, 4.69) is 108 Å². The van der Waals surface area contributed by atoms with Crippen LogP contribution in [0.4, 0.5) is 17.1 Å². The molecule has 39 heavy (non-hydrogen) atoms. The summed E-state index contributed by atoms with van der Waals surface area (Å²) in [6.07, 6.45) is 0. The van der Waals surface area contributed by atoms with E-state index in [1.165, 1.54) is 20.2 Å². The highest BCUT2D eigenvalue weighted by molar-refractivity contribution is 7.25. The molecule has 0 aliphatic rings. The van der Waals surface area contributed by atoms with Gasteiger partial charge in [0.2, 0.25) is 5.89 Å². The highest BCUT2D eigenvalue weighted by atomic mass is 32.1. The van der Waals surface area contributed by atoms with Crippen LogP contribution in [-0.4, -0.2) is 4.98 Å². The standard InChI is InChI=1S/C35H22N2OS/c1-3-11-23(12-4-1)35-36-33-30(21-24-13-7-8-16-27(24)34(33)38-35)37(25-14-5-2-6-15-25)26-19-20-29-28-17-9-10-18-31(28)39-32(29)22-26/h1-22H. The summed E-state index contributed by atoms with van der Waals surface area (Å²) in [5.74, 6) is 0.621. The molecule has 184 valence electrons. The number of aromatic nitrogens is 1. The second-order valence-electron chi connectivity index (χ2n) is 9.63. The van der Waals surface area contributed by atoms with Crippen LogP contribution >= 0.6 is 11.3 Å². The van der Waals surface area contributed by atoms with Gasteiger partial charge >= 0.3 is 0 Å². The quantitative estimate of drug-likeness (QED) is 0.232. The Kier molecular flexibility index (Phi) is 5.00. The summed E-state index contributed by atoms with van der Waals surface area (Å²) in [5, 5.41) is 4.75. The Morgan fingerprint density at radius 1 is 0.564 bits per heavy atom. The molecule has 0 unspecified atom stereocenters. The largest absolute Gasteiger partial charge is 0.435 e. The monoisotopic (exact) mass is 518 g/mol. The zero-order chi connectivity index (χ0) is 25.8. The molecule has 0 bridgehead atoms. The summed E-state index contributed by atoms with van der Waals surface area (Å²) >= 11 is 1.83. The van der Waals surface area contributed by atoms with Crippen molar-refractivity contribution >= 4 is 70.4 Å². The smallest absolute Gasteiger partial charge is 0.227 e. The SMILES string of the molecule is c1ccc(-c2nc3c(N(c4ccccc4)c4ccc5c(c4)sc4ccccc45)cc4ccccc4c3o2)cc1. The van der Waals surface area contributed by atoms with Crippen molar-refractivity contribution in [2.45, 2.75) is 0 Å². The molecule has 0 amide bonds. The van der Waals surface area contributed by atoms with Gasteiger partial charge in [-0.15, -0.1) is 11.3 Å². The maximum atomic E-state index is 6.50. The van der Waals surface area contributed by atoms with E-state index in [4.69, 9.17) is 9.40 Å². The number of anilines is 3. The van der Waals surface area contributed by atoms with Gasteiger partial charge in [0.1, 0.15) is 5.52 Å². The van der Waals surface area contributed by atoms with Crippen LogP contribution in [0.5, 0.6) is 0 Å². The third-order valence-corrected chi connectivity index (χ3v) is 8.40. The lowest BCUT2D eigenvalue weighted by molar-refractivity contribution is 0.623. The molecule has 0 saturated carbocycles. The zero-order valence-electron chi connectivity index (χ0n) is 20.9. The number of nitrogens with zero attached hydrogens (tertiary/aromatic N) is 2. The minimum Gasteiger partial charge on any atom is -0.435 e. The Balaban J connectivity index is 1.43. The fourth-order valence-electron chi connectivity index (χ4n) is 5.45. The Morgan fingerprint density at radius 2 is 1.26 bits per heavy atom. The van der Waals surface area contributed by atoms with Gasteiger partial charge in [0.15, 0.2) is 5.58 Å². The molecular weight excluding hydrogens is 496 g/mol. The molecule has 8 aromatic rings. The molecule has 8 rings (SSSR count). The molecule has 0 spiro atoms. The second kappa shape index (κ2) is 8.83. The first-order valence-corrected chi connectivity index (χ1v) is 13.8. The molecule has 0 saturated heterocycles. The Hall–Kier alpha value is -4.93. The number of hydrogen-bond acceptors (Lipinski definition) is 4. The molecule has 2 aromatic heterocycles. The van der Waals surface area contributed by atoms with Crippen molar-refractivity contribution in [1.29, 1.82) is 0 Å². The predicted octanol–water partition coefficient (Wildman–Crippen LogP) is 10.5. The molecule has 0 atom stereocenters. The highest BCUT2D eigenvalue weighted by Gasteiger charge is 2.22. The van der Waals surface area contributed by atoms with E-state index in [-0.39, 0.29) is 0 Å². The van der Waals surface area contributed by atoms with Gasteiger partial charge in [-0.05, 0) is 53.9 Å². The van der Waals surface area contributed by atoms with Gasteiger partial charge in [0.25, 0.3) is 0 Å². The van der Waals surface area contributed by atoms with Gasteiger partial charge in [-0.25, -0.2) is 4.98 Å². The minimum absolute atomic E-state index is 0.621. The minimum atomic E-state index is 0.621. The van der Waals surface area contributed by atoms with Crippen LogP contribution in [0.1, 0.15) is 0 Å². The summed E-state index contributed by atoms with van der Waals surface area (Å²) in [5.41, 5.74) is 5.74. The van der Waals surface area contributed by atoms with E-state index in [9.17, 15) is 0 Å². The van der Waals surface area contributed by atoms with Crippen LogP contribution in [0.25, 0.3) is 53.5 Å². The maximum absolute atomic E-state index is 6.50. The first-order chi connectivity index (χ1) is 19.3. The van der Waals surface area contributed by atoms with Crippen LogP contribution in [0.2, 0.25) is 0 Å². The predicted molar refractivity (Wildman–Crippen MR) is 165 cm³/mol. The molecule has 0 N–H and O–H groups in total. The van der Waals surface area contributed by atoms with E-state index in [0.717, 1.165) is 44.5 Å². The molecule has 0 aliphatic carbocycles. The first kappa shape index (κ1) is 22.1. The van der Waals surface area contributed by atoms with E-state index in [1.807, 2.05) is 41.7 Å². The van der Waals surface area contributed by atoms with Gasteiger partial charge < -0.3 is 9.32 Å². The van der Waals surface area contributed by atoms with Crippen molar-refractivity contribution in [2.24, 2.45) is 0 Å². The van der Waals surface area contributed by atoms with Gasteiger partial charge in [-0.2, -0.15) is 0 Å². The number of rotatable bonds is 4. The summed E-state index contributed by atoms with van der Waals surface area (Å²) < 4.78 is 9.06. The Bertz CT molecular complexity index is 2130. The molecule has 3 nitrogen and oxygen atoms in total. The van der Waals surface area contributed by atoms with E-state index < -0.39 is 0 Å². The van der Waals surface area contributed by atoms with Gasteiger partial charge in [0, 0.05) is 42.5 Å². The molecule has 2 heterocycles. The van der Waals surface area contributed by atoms with Crippen molar-refractivity contribution in [3.8, 4) is 11.5 Å². The lowest BCUT2D eigenvalue weighted by Crippen LogP contribution is -2.10. The zero-order valence-corrected chi connectivity index (χ0v) is 21.7. The molecule has 6 aromatic carbocycles. The summed E-state index contributed by atoms with van der Waals surface area (Å²) in [4.78, 5) is 7.40. The summed E-state index contributed by atoms with van der Waals surface area (Å²) in [6.45, 7) is 0. The topological polar surface area (TPSA) is 29.3 Å². The summed E-state index contributed by atoms with van der Waals surface area (Å²) in [6, 6.07) is 46.6. The lowest BCUT2D eigenvalue weighted by Gasteiger charge is -2.26. The lowest BCUT2D eigenvalue weighted by atomic mass is 10.1. The molecule has 0 radical (unpaired) electrons. The van der Waals surface area contributed by atoms with E-state index in [1.54, 1.807) is 0 Å². The van der Waals surface area contributed by atoms with Crippen LogP contribution in [0.15, 0.2) is 138 Å². The highest BCUT2D eigenvalue weighted by Crippen LogP contribution is 2.44. The third kappa shape index (κ3) is 3.61. The number of fused-ring (bicyclic) bond motifs is 6. The van der Waals surface area contributed by atoms with Gasteiger partial charge in [0.05, 0.1) is 5.69 Å². The number of benzene rings is 6. The third-order valence-electron chi connectivity index (χ3n) is 7.26. The molecular formula is C35H22N2OS. The average Bonchev–Trinajstić information content (AvgIpc) is 3.61. The van der Waals surface area contributed by atoms with E-state index >= 15 is 0 Å². The fourth-order valence-corrected chi connectivity index (χ4v) is 6.59. The number of thiophene rings is 1. The van der Waals surface area contributed by atoms with Gasteiger partial charge in [-0.1, -0.05) is 84.9 Å². The van der Waals surface area contributed by atoms with Crippen molar-refractivity contribution in [1.82, 2.24) is 4.98 Å². The number of para-hydroxylation sites is 1. The Labute approximate surface area is 229 Å². The number of hydrogen-bond donors (Lipinski definition) is 0. The summed E-state index contributed by atoms with van der Waals surface area (Å²) in [7, 11) is 0. The van der Waals surface area contributed by atoms with Crippen LogP contribution in [-0.2, 0) is 0 Å². The fraction of sp³-hybridized carbons (Fsp3) is 0. The Morgan fingerprint density at radius 3 is 2.10 bits per heavy atom. The maximum Gasteiger partial charge on any atom is 0.227 e. The molecule has 0 aliphatic heterocycles. The van der Waals surface area contributed by atoms with Crippen LogP contribution in [0, 0.1) is 0 Å². The van der Waals surface area contributed by atoms with Crippen molar-refractivity contribution in [3.63, 3.8) is 0 Å². The van der Waals surface area contributed by atoms with E-state index in [0.29, 0.717) is 5.89 Å². The van der Waals surface area contributed by atoms with Crippen LogP contribution < -0.4 is 4.90 Å². The molecule has 0 fully saturated rings. The average molecular weight is 519 g/mol. The van der Waals surface area contributed by atoms with Crippen molar-refractivity contribution < 1.29 is 4.42 Å².